The Kier molecular flexibility index (Phi) is 3.33. The Morgan fingerprint density at radius 1 is 1.56 bits per heavy atom. The summed E-state index contributed by atoms with van der Waals surface area (Å²) in [5.74, 6) is -0.902. The molecule has 0 aliphatic rings. The highest BCUT2D eigenvalue weighted by atomic mass is 32.1. The minimum absolute atomic E-state index is 0.0859. The molecule has 2 aromatic rings. The van der Waals surface area contributed by atoms with Crippen LogP contribution in [0.4, 0.5) is 0 Å². The van der Waals surface area contributed by atoms with E-state index in [4.69, 9.17) is 10.8 Å². The van der Waals surface area contributed by atoms with Crippen molar-refractivity contribution in [3.8, 4) is 10.6 Å². The Hall–Kier alpha value is -1.24. The second kappa shape index (κ2) is 4.73. The van der Waals surface area contributed by atoms with Crippen molar-refractivity contribution in [2.75, 3.05) is 0 Å². The molecule has 84 valence electrons. The number of carbonyl (C=O) groups is 1. The molecule has 0 aliphatic heterocycles. The van der Waals surface area contributed by atoms with Crippen LogP contribution < -0.4 is 5.73 Å². The fourth-order valence-corrected chi connectivity index (χ4v) is 2.85. The largest absolute Gasteiger partial charge is 0.481 e. The van der Waals surface area contributed by atoms with Crippen molar-refractivity contribution in [1.82, 2.24) is 4.98 Å². The Labute approximate surface area is 100 Å². The third kappa shape index (κ3) is 2.46. The van der Waals surface area contributed by atoms with Crippen molar-refractivity contribution >= 4 is 28.6 Å². The van der Waals surface area contributed by atoms with Gasteiger partial charge in [-0.3, -0.25) is 4.79 Å². The average molecular weight is 254 g/mol. The summed E-state index contributed by atoms with van der Waals surface area (Å²) >= 11 is 3.01. The van der Waals surface area contributed by atoms with Crippen LogP contribution in [-0.2, 0) is 4.79 Å². The predicted molar refractivity (Wildman–Crippen MR) is 64.6 cm³/mol. The van der Waals surface area contributed by atoms with E-state index in [1.165, 1.54) is 11.3 Å². The summed E-state index contributed by atoms with van der Waals surface area (Å²) in [5.41, 5.74) is 6.60. The molecule has 0 saturated carbocycles. The van der Waals surface area contributed by atoms with Gasteiger partial charge in [-0.05, 0) is 11.4 Å². The number of thiophene rings is 1. The zero-order valence-electron chi connectivity index (χ0n) is 8.29. The molecule has 0 amide bonds. The second-order valence-corrected chi connectivity index (χ2v) is 5.09. The van der Waals surface area contributed by atoms with E-state index in [1.54, 1.807) is 11.3 Å². The molecule has 16 heavy (non-hydrogen) atoms. The van der Waals surface area contributed by atoms with Crippen molar-refractivity contribution < 1.29 is 9.90 Å². The van der Waals surface area contributed by atoms with Crippen LogP contribution >= 0.6 is 22.7 Å². The minimum atomic E-state index is -0.902. The summed E-state index contributed by atoms with van der Waals surface area (Å²) in [6.45, 7) is 0. The van der Waals surface area contributed by atoms with E-state index < -0.39 is 12.0 Å². The van der Waals surface area contributed by atoms with Crippen molar-refractivity contribution in [2.45, 2.75) is 12.5 Å². The van der Waals surface area contributed by atoms with Gasteiger partial charge in [0.1, 0.15) is 5.01 Å². The quantitative estimate of drug-likeness (QED) is 0.878. The maximum atomic E-state index is 10.5. The predicted octanol–water partition coefficient (Wildman–Crippen LogP) is 2.35. The monoisotopic (exact) mass is 254 g/mol. The first-order valence-corrected chi connectivity index (χ1v) is 6.39. The number of thiazole rings is 1. The van der Waals surface area contributed by atoms with Gasteiger partial charge in [0.15, 0.2) is 0 Å². The van der Waals surface area contributed by atoms with E-state index in [2.05, 4.69) is 4.98 Å². The van der Waals surface area contributed by atoms with Crippen molar-refractivity contribution in [3.63, 3.8) is 0 Å². The molecule has 0 saturated heterocycles. The van der Waals surface area contributed by atoms with Crippen LogP contribution in [0.25, 0.3) is 10.6 Å². The molecule has 0 aliphatic carbocycles. The Morgan fingerprint density at radius 3 is 3.00 bits per heavy atom. The fraction of sp³-hybridized carbons (Fsp3) is 0.200. The number of nitrogens with two attached hydrogens (primary N) is 1. The zero-order chi connectivity index (χ0) is 11.5. The van der Waals surface area contributed by atoms with Crippen LogP contribution in [0.15, 0.2) is 22.9 Å². The molecule has 0 spiro atoms. The SMILES string of the molecule is NC(CC(=O)O)c1nc(-c2cccs2)cs1. The van der Waals surface area contributed by atoms with Crippen LogP contribution in [0.5, 0.6) is 0 Å². The van der Waals surface area contributed by atoms with E-state index in [0.29, 0.717) is 5.01 Å². The first kappa shape index (κ1) is 11.3. The van der Waals surface area contributed by atoms with E-state index in [1.807, 2.05) is 22.9 Å². The standard InChI is InChI=1S/C10H10N2O2S2/c11-6(4-9(13)14)10-12-7(5-16-10)8-2-1-3-15-8/h1-3,5-6H,4,11H2,(H,13,14). The average Bonchev–Trinajstić information content (AvgIpc) is 2.87. The lowest BCUT2D eigenvalue weighted by Gasteiger charge is -2.03. The van der Waals surface area contributed by atoms with Crippen LogP contribution in [0.1, 0.15) is 17.5 Å². The molecule has 6 heteroatoms. The zero-order valence-corrected chi connectivity index (χ0v) is 9.92. The molecule has 0 fully saturated rings. The van der Waals surface area contributed by atoms with Gasteiger partial charge in [-0.1, -0.05) is 6.07 Å². The number of carboxylic acid groups (broad SMARTS) is 1. The molecule has 1 atom stereocenters. The molecule has 0 bridgehead atoms. The van der Waals surface area contributed by atoms with Gasteiger partial charge < -0.3 is 10.8 Å². The summed E-state index contributed by atoms with van der Waals surface area (Å²) < 4.78 is 0. The number of aliphatic carboxylic acids is 1. The van der Waals surface area contributed by atoms with Gasteiger partial charge in [0.2, 0.25) is 0 Å². The smallest absolute Gasteiger partial charge is 0.305 e. The van der Waals surface area contributed by atoms with Gasteiger partial charge in [0.25, 0.3) is 0 Å². The third-order valence-corrected chi connectivity index (χ3v) is 3.88. The Morgan fingerprint density at radius 2 is 2.38 bits per heavy atom. The number of hydrogen-bond donors (Lipinski definition) is 2. The van der Waals surface area contributed by atoms with E-state index in [0.717, 1.165) is 10.6 Å². The van der Waals surface area contributed by atoms with Crippen LogP contribution in [0, 0.1) is 0 Å². The van der Waals surface area contributed by atoms with E-state index in [-0.39, 0.29) is 6.42 Å². The van der Waals surface area contributed by atoms with Crippen LogP contribution in [-0.4, -0.2) is 16.1 Å². The number of nitrogens with zero attached hydrogens (tertiary/aromatic N) is 1. The first-order valence-electron chi connectivity index (χ1n) is 4.63. The first-order chi connectivity index (χ1) is 7.66. The highest BCUT2D eigenvalue weighted by molar-refractivity contribution is 7.14. The molecule has 4 nitrogen and oxygen atoms in total. The molecule has 1 unspecified atom stereocenters. The van der Waals surface area contributed by atoms with Gasteiger partial charge in [-0.2, -0.15) is 0 Å². The third-order valence-electron chi connectivity index (χ3n) is 2.01. The fourth-order valence-electron chi connectivity index (χ4n) is 1.27. The number of rotatable bonds is 4. The van der Waals surface area contributed by atoms with Crippen molar-refractivity contribution in [2.24, 2.45) is 5.73 Å². The number of hydrogen-bond acceptors (Lipinski definition) is 5. The molecule has 2 rings (SSSR count). The molecule has 3 N–H and O–H groups in total. The molecule has 2 aromatic heterocycles. The van der Waals surface area contributed by atoms with E-state index in [9.17, 15) is 4.79 Å². The van der Waals surface area contributed by atoms with Gasteiger partial charge in [-0.25, -0.2) is 4.98 Å². The molecule has 0 radical (unpaired) electrons. The Balaban J connectivity index is 2.16. The Bertz CT molecular complexity index is 479. The van der Waals surface area contributed by atoms with Crippen LogP contribution in [0.3, 0.4) is 0 Å². The topological polar surface area (TPSA) is 76.2 Å². The molecular formula is C10H10N2O2S2. The maximum absolute atomic E-state index is 10.5. The highest BCUT2D eigenvalue weighted by Gasteiger charge is 2.15. The summed E-state index contributed by atoms with van der Waals surface area (Å²) in [5, 5.41) is 13.2. The number of aromatic nitrogens is 1. The van der Waals surface area contributed by atoms with Crippen molar-refractivity contribution in [3.05, 3.63) is 27.9 Å². The highest BCUT2D eigenvalue weighted by Crippen LogP contribution is 2.28. The van der Waals surface area contributed by atoms with Gasteiger partial charge in [0.05, 0.1) is 23.0 Å². The lowest BCUT2D eigenvalue weighted by Crippen LogP contribution is -2.14. The second-order valence-electron chi connectivity index (χ2n) is 3.25. The number of carboxylic acids is 1. The summed E-state index contributed by atoms with van der Waals surface area (Å²) in [7, 11) is 0. The molecular weight excluding hydrogens is 244 g/mol. The summed E-state index contributed by atoms with van der Waals surface area (Å²) in [4.78, 5) is 15.9. The molecule has 0 aromatic carbocycles. The van der Waals surface area contributed by atoms with Gasteiger partial charge in [0, 0.05) is 5.38 Å². The summed E-state index contributed by atoms with van der Waals surface area (Å²) in [6.07, 6.45) is -0.0859. The lowest BCUT2D eigenvalue weighted by atomic mass is 10.2. The summed E-state index contributed by atoms with van der Waals surface area (Å²) in [6, 6.07) is 3.42. The molecule has 2 heterocycles. The minimum Gasteiger partial charge on any atom is -0.481 e. The van der Waals surface area contributed by atoms with E-state index >= 15 is 0 Å². The normalized spacial score (nSPS) is 12.6. The van der Waals surface area contributed by atoms with Gasteiger partial charge >= 0.3 is 5.97 Å². The maximum Gasteiger partial charge on any atom is 0.305 e. The van der Waals surface area contributed by atoms with Gasteiger partial charge in [-0.15, -0.1) is 22.7 Å². The van der Waals surface area contributed by atoms with Crippen molar-refractivity contribution in [1.29, 1.82) is 0 Å². The lowest BCUT2D eigenvalue weighted by molar-refractivity contribution is -0.137. The van der Waals surface area contributed by atoms with Crippen LogP contribution in [0.2, 0.25) is 0 Å².